The Hall–Kier alpha value is -3.19. The van der Waals surface area contributed by atoms with Gasteiger partial charge >= 0.3 is 0 Å². The van der Waals surface area contributed by atoms with Gasteiger partial charge in [0, 0.05) is 29.1 Å². The van der Waals surface area contributed by atoms with Crippen molar-refractivity contribution in [3.05, 3.63) is 95.3 Å². The van der Waals surface area contributed by atoms with Crippen LogP contribution in [0.4, 0.5) is 8.78 Å². The normalized spacial score (nSPS) is 10.2. The first-order valence-corrected chi connectivity index (χ1v) is 7.72. The zero-order chi connectivity index (χ0) is 17.5. The Labute approximate surface area is 145 Å². The number of halogens is 2. The zero-order valence-electron chi connectivity index (χ0n) is 13.3. The lowest BCUT2D eigenvalue weighted by Gasteiger charge is -2.07. The number of benzene rings is 2. The fourth-order valence-corrected chi connectivity index (χ4v) is 2.14. The molecule has 25 heavy (non-hydrogen) atoms. The maximum atomic E-state index is 12.5. The van der Waals surface area contributed by atoms with Crippen LogP contribution in [0.25, 0.3) is 0 Å². The first-order valence-electron chi connectivity index (χ1n) is 7.72. The fourth-order valence-electron chi connectivity index (χ4n) is 2.14. The highest BCUT2D eigenvalue weighted by molar-refractivity contribution is 5.43. The molecule has 0 aliphatic carbocycles. The molecule has 0 atom stereocenters. The van der Waals surface area contributed by atoms with Gasteiger partial charge in [-0.05, 0) is 42.0 Å². The molecule has 0 unspecified atom stereocenters. The summed E-state index contributed by atoms with van der Waals surface area (Å²) in [4.78, 5) is 4.02. The van der Waals surface area contributed by atoms with E-state index in [1.165, 1.54) is 12.1 Å². The van der Waals surface area contributed by atoms with Gasteiger partial charge in [0.2, 0.25) is 0 Å². The van der Waals surface area contributed by atoms with E-state index < -0.39 is 6.43 Å². The molecule has 0 amide bonds. The summed E-state index contributed by atoms with van der Waals surface area (Å²) in [6, 6.07) is 17.3. The minimum atomic E-state index is -2.45. The molecule has 2 aromatic carbocycles. The number of nitrogens with zero attached hydrogens (tertiary/aromatic N) is 1. The lowest BCUT2D eigenvalue weighted by molar-refractivity contribution is 0.151. The summed E-state index contributed by atoms with van der Waals surface area (Å²) in [5.74, 6) is 6.80. The number of pyridine rings is 1. The van der Waals surface area contributed by atoms with Gasteiger partial charge in [0.25, 0.3) is 6.43 Å². The predicted octanol–water partition coefficient (Wildman–Crippen LogP) is 5.00. The Kier molecular flexibility index (Phi) is 5.38. The number of hydrogen-bond acceptors (Lipinski definition) is 2. The molecule has 0 bridgehead atoms. The molecule has 0 saturated heterocycles. The second-order valence-electron chi connectivity index (χ2n) is 5.35. The van der Waals surface area contributed by atoms with Crippen LogP contribution in [0.1, 0.15) is 28.7 Å². The SMILES string of the molecule is FC(F)c1ccc(COc2ccc(C#Cc3cccnc3)cc2)cc1. The second kappa shape index (κ2) is 8.07. The van der Waals surface area contributed by atoms with Crippen molar-refractivity contribution in [2.75, 3.05) is 0 Å². The van der Waals surface area contributed by atoms with Crippen molar-refractivity contribution in [1.29, 1.82) is 0 Å². The molecule has 1 heterocycles. The van der Waals surface area contributed by atoms with Crippen LogP contribution in [0, 0.1) is 11.8 Å². The van der Waals surface area contributed by atoms with E-state index in [-0.39, 0.29) is 5.56 Å². The number of aromatic nitrogens is 1. The summed E-state index contributed by atoms with van der Waals surface area (Å²) in [6.07, 6.45) is 0.970. The van der Waals surface area contributed by atoms with E-state index in [4.69, 9.17) is 4.74 Å². The van der Waals surface area contributed by atoms with Gasteiger partial charge < -0.3 is 4.74 Å². The van der Waals surface area contributed by atoms with Crippen LogP contribution in [0.15, 0.2) is 73.1 Å². The molecule has 0 saturated carbocycles. The minimum Gasteiger partial charge on any atom is -0.489 e. The molecule has 0 N–H and O–H groups in total. The van der Waals surface area contributed by atoms with Crippen molar-refractivity contribution in [2.24, 2.45) is 0 Å². The minimum absolute atomic E-state index is 0.0142. The van der Waals surface area contributed by atoms with Crippen molar-refractivity contribution in [3.8, 4) is 17.6 Å². The molecule has 2 nitrogen and oxygen atoms in total. The maximum Gasteiger partial charge on any atom is 0.263 e. The van der Waals surface area contributed by atoms with Crippen molar-refractivity contribution in [1.82, 2.24) is 4.98 Å². The highest BCUT2D eigenvalue weighted by Gasteiger charge is 2.05. The van der Waals surface area contributed by atoms with Gasteiger partial charge in [-0.1, -0.05) is 36.1 Å². The van der Waals surface area contributed by atoms with E-state index in [0.717, 1.165) is 16.7 Å². The molecule has 124 valence electrons. The molecule has 0 aliphatic heterocycles. The number of hydrogen-bond donors (Lipinski definition) is 0. The molecule has 3 rings (SSSR count). The van der Waals surface area contributed by atoms with Gasteiger partial charge in [-0.2, -0.15) is 0 Å². The van der Waals surface area contributed by atoms with Crippen LogP contribution < -0.4 is 4.74 Å². The van der Waals surface area contributed by atoms with Crippen LogP contribution in [0.3, 0.4) is 0 Å². The first-order chi connectivity index (χ1) is 12.2. The second-order valence-corrected chi connectivity index (χ2v) is 5.35. The zero-order valence-corrected chi connectivity index (χ0v) is 13.3. The third-order valence-electron chi connectivity index (χ3n) is 3.50. The van der Waals surface area contributed by atoms with Crippen LogP contribution in [-0.2, 0) is 6.61 Å². The summed E-state index contributed by atoms with van der Waals surface area (Å²) >= 11 is 0. The van der Waals surface area contributed by atoms with E-state index in [0.29, 0.717) is 12.4 Å². The van der Waals surface area contributed by atoms with Crippen LogP contribution >= 0.6 is 0 Å². The van der Waals surface area contributed by atoms with Crippen molar-refractivity contribution < 1.29 is 13.5 Å². The lowest BCUT2D eigenvalue weighted by Crippen LogP contribution is -1.96. The summed E-state index contributed by atoms with van der Waals surface area (Å²) in [5, 5.41) is 0. The van der Waals surface area contributed by atoms with Crippen LogP contribution in [0.2, 0.25) is 0 Å². The Morgan fingerprint density at radius 2 is 1.60 bits per heavy atom. The summed E-state index contributed by atoms with van der Waals surface area (Å²) in [6.45, 7) is 0.324. The van der Waals surface area contributed by atoms with E-state index in [2.05, 4.69) is 16.8 Å². The van der Waals surface area contributed by atoms with Gasteiger partial charge in [-0.15, -0.1) is 0 Å². The summed E-state index contributed by atoms with van der Waals surface area (Å²) < 4.78 is 30.7. The molecule has 1 aromatic heterocycles. The van der Waals surface area contributed by atoms with Crippen molar-refractivity contribution in [2.45, 2.75) is 13.0 Å². The Morgan fingerprint density at radius 3 is 2.24 bits per heavy atom. The quantitative estimate of drug-likeness (QED) is 0.626. The number of ether oxygens (including phenoxy) is 1. The van der Waals surface area contributed by atoms with Gasteiger partial charge in [-0.3, -0.25) is 4.98 Å². The maximum absolute atomic E-state index is 12.5. The third-order valence-corrected chi connectivity index (χ3v) is 3.50. The topological polar surface area (TPSA) is 22.1 Å². The third kappa shape index (κ3) is 4.89. The van der Waals surface area contributed by atoms with Gasteiger partial charge in [0.05, 0.1) is 0 Å². The van der Waals surface area contributed by atoms with E-state index in [1.54, 1.807) is 24.5 Å². The monoisotopic (exact) mass is 335 g/mol. The first kappa shape index (κ1) is 16.7. The molecule has 0 fully saturated rings. The van der Waals surface area contributed by atoms with Gasteiger partial charge in [-0.25, -0.2) is 8.78 Å². The number of alkyl halides is 2. The highest BCUT2D eigenvalue weighted by Crippen LogP contribution is 2.19. The average molecular weight is 335 g/mol. The van der Waals surface area contributed by atoms with Crippen LogP contribution in [-0.4, -0.2) is 4.98 Å². The Balaban J connectivity index is 1.58. The molecule has 3 aromatic rings. The summed E-state index contributed by atoms with van der Waals surface area (Å²) in [5.41, 5.74) is 2.58. The standard InChI is InChI=1S/C21H15F2NO/c22-21(23)19-9-5-18(6-10-19)15-25-20-11-7-16(8-12-20)3-4-17-2-1-13-24-14-17/h1-2,5-14,21H,15H2. The van der Waals surface area contributed by atoms with Gasteiger partial charge in [0.1, 0.15) is 12.4 Å². The summed E-state index contributed by atoms with van der Waals surface area (Å²) in [7, 11) is 0. The fraction of sp³-hybridized carbons (Fsp3) is 0.0952. The van der Waals surface area contributed by atoms with Crippen molar-refractivity contribution >= 4 is 0 Å². The average Bonchev–Trinajstić information content (AvgIpc) is 2.67. The molecule has 4 heteroatoms. The smallest absolute Gasteiger partial charge is 0.263 e. The van der Waals surface area contributed by atoms with Gasteiger partial charge in [0.15, 0.2) is 0 Å². The molecular weight excluding hydrogens is 320 g/mol. The number of rotatable bonds is 4. The predicted molar refractivity (Wildman–Crippen MR) is 92.4 cm³/mol. The molecular formula is C21H15F2NO. The van der Waals surface area contributed by atoms with E-state index >= 15 is 0 Å². The lowest BCUT2D eigenvalue weighted by atomic mass is 10.1. The van der Waals surface area contributed by atoms with E-state index in [9.17, 15) is 8.78 Å². The molecule has 0 aliphatic rings. The van der Waals surface area contributed by atoms with Crippen molar-refractivity contribution in [3.63, 3.8) is 0 Å². The highest BCUT2D eigenvalue weighted by atomic mass is 19.3. The Morgan fingerprint density at radius 1 is 0.880 bits per heavy atom. The van der Waals surface area contributed by atoms with Crippen LogP contribution in [0.5, 0.6) is 5.75 Å². The Bertz CT molecular complexity index is 864. The van der Waals surface area contributed by atoms with E-state index in [1.807, 2.05) is 36.4 Å². The molecule has 0 spiro atoms. The molecule has 0 radical (unpaired) electrons. The largest absolute Gasteiger partial charge is 0.489 e.